The van der Waals surface area contributed by atoms with E-state index < -0.39 is 0 Å². The summed E-state index contributed by atoms with van der Waals surface area (Å²) >= 11 is 0. The minimum absolute atomic E-state index is 0.548. The van der Waals surface area contributed by atoms with E-state index in [2.05, 4.69) is 15.4 Å². The van der Waals surface area contributed by atoms with Crippen LogP contribution in [0.1, 0.15) is 0 Å². The van der Waals surface area contributed by atoms with Crippen molar-refractivity contribution in [3.8, 4) is 16.9 Å². The van der Waals surface area contributed by atoms with Gasteiger partial charge in [-0.2, -0.15) is 5.10 Å². The van der Waals surface area contributed by atoms with Crippen LogP contribution in [-0.4, -0.2) is 31.3 Å². The third-order valence-corrected chi connectivity index (χ3v) is 2.80. The van der Waals surface area contributed by atoms with Crippen LogP contribution in [0.15, 0.2) is 48.9 Å². The molecule has 0 spiro atoms. The number of aromatic nitrogens is 5. The normalized spacial score (nSPS) is 10.8. The standard InChI is InChI=1S/C13H14N6/c14-6-7-18-10-13(16-17-18)11-8-15-19(9-11)12-4-2-1-3-5-12/h1-5,8-10H,6-7,14H2. The Labute approximate surface area is 110 Å². The average molecular weight is 254 g/mol. The van der Waals surface area contributed by atoms with Crippen molar-refractivity contribution in [2.75, 3.05) is 6.54 Å². The summed E-state index contributed by atoms with van der Waals surface area (Å²) in [6.07, 6.45) is 5.59. The summed E-state index contributed by atoms with van der Waals surface area (Å²) in [5.41, 5.74) is 8.24. The molecule has 0 radical (unpaired) electrons. The second-order valence-corrected chi connectivity index (χ2v) is 4.16. The van der Waals surface area contributed by atoms with Crippen molar-refractivity contribution in [3.05, 3.63) is 48.9 Å². The van der Waals surface area contributed by atoms with Crippen LogP contribution in [-0.2, 0) is 6.54 Å². The Balaban J connectivity index is 1.88. The molecule has 0 atom stereocenters. The number of rotatable bonds is 4. The SMILES string of the molecule is NCCn1cc(-c2cnn(-c3ccccc3)c2)nn1. The molecule has 6 heteroatoms. The molecule has 0 bridgehead atoms. The zero-order chi connectivity index (χ0) is 13.1. The molecule has 2 aromatic heterocycles. The number of para-hydroxylation sites is 1. The number of nitrogens with two attached hydrogens (primary N) is 1. The molecule has 0 fully saturated rings. The summed E-state index contributed by atoms with van der Waals surface area (Å²) < 4.78 is 3.55. The molecule has 3 aromatic rings. The van der Waals surface area contributed by atoms with Crippen molar-refractivity contribution in [2.45, 2.75) is 6.54 Å². The van der Waals surface area contributed by atoms with Gasteiger partial charge in [0.05, 0.1) is 24.6 Å². The van der Waals surface area contributed by atoms with E-state index in [-0.39, 0.29) is 0 Å². The van der Waals surface area contributed by atoms with E-state index >= 15 is 0 Å². The first-order valence-electron chi connectivity index (χ1n) is 6.07. The Morgan fingerprint density at radius 3 is 2.74 bits per heavy atom. The lowest BCUT2D eigenvalue weighted by molar-refractivity contribution is 0.598. The molecule has 6 nitrogen and oxygen atoms in total. The fourth-order valence-electron chi connectivity index (χ4n) is 1.85. The molecule has 1 aromatic carbocycles. The first-order chi connectivity index (χ1) is 9.36. The van der Waals surface area contributed by atoms with Gasteiger partial charge in [0.25, 0.3) is 0 Å². The van der Waals surface area contributed by atoms with Crippen molar-refractivity contribution >= 4 is 0 Å². The van der Waals surface area contributed by atoms with Crippen LogP contribution >= 0.6 is 0 Å². The van der Waals surface area contributed by atoms with E-state index in [0.717, 1.165) is 16.9 Å². The van der Waals surface area contributed by atoms with Gasteiger partial charge < -0.3 is 5.73 Å². The monoisotopic (exact) mass is 254 g/mol. The molecule has 19 heavy (non-hydrogen) atoms. The van der Waals surface area contributed by atoms with Crippen molar-refractivity contribution in [1.82, 2.24) is 24.8 Å². The molecular weight excluding hydrogens is 240 g/mol. The van der Waals surface area contributed by atoms with Gasteiger partial charge in [-0.05, 0) is 12.1 Å². The van der Waals surface area contributed by atoms with Crippen molar-refractivity contribution in [2.24, 2.45) is 5.73 Å². The van der Waals surface area contributed by atoms with E-state index in [1.54, 1.807) is 10.9 Å². The number of benzene rings is 1. The summed E-state index contributed by atoms with van der Waals surface area (Å²) in [5.74, 6) is 0. The average Bonchev–Trinajstić information content (AvgIpc) is 3.08. The van der Waals surface area contributed by atoms with Gasteiger partial charge >= 0.3 is 0 Å². The highest BCUT2D eigenvalue weighted by atomic mass is 15.4. The zero-order valence-electron chi connectivity index (χ0n) is 10.3. The first-order valence-corrected chi connectivity index (χ1v) is 6.07. The lowest BCUT2D eigenvalue weighted by atomic mass is 10.3. The molecular formula is C13H14N6. The molecule has 0 aliphatic carbocycles. The summed E-state index contributed by atoms with van der Waals surface area (Å²) in [6, 6.07) is 9.94. The first kappa shape index (κ1) is 11.6. The molecule has 2 heterocycles. The van der Waals surface area contributed by atoms with E-state index in [1.807, 2.05) is 47.4 Å². The number of hydrogen-bond acceptors (Lipinski definition) is 4. The van der Waals surface area contributed by atoms with Crippen LogP contribution in [0.25, 0.3) is 16.9 Å². The van der Waals surface area contributed by atoms with Crippen LogP contribution in [0.4, 0.5) is 0 Å². The van der Waals surface area contributed by atoms with E-state index in [0.29, 0.717) is 13.1 Å². The van der Waals surface area contributed by atoms with Crippen LogP contribution in [0.2, 0.25) is 0 Å². The molecule has 0 saturated heterocycles. The Hall–Kier alpha value is -2.47. The van der Waals surface area contributed by atoms with Gasteiger partial charge in [-0.1, -0.05) is 23.4 Å². The second-order valence-electron chi connectivity index (χ2n) is 4.16. The van der Waals surface area contributed by atoms with Crippen LogP contribution in [0, 0.1) is 0 Å². The van der Waals surface area contributed by atoms with Crippen molar-refractivity contribution < 1.29 is 0 Å². The Morgan fingerprint density at radius 2 is 1.95 bits per heavy atom. The topological polar surface area (TPSA) is 74.6 Å². The minimum atomic E-state index is 0.548. The third kappa shape index (κ3) is 2.38. The van der Waals surface area contributed by atoms with E-state index in [9.17, 15) is 0 Å². The smallest absolute Gasteiger partial charge is 0.116 e. The van der Waals surface area contributed by atoms with Gasteiger partial charge in [-0.3, -0.25) is 4.68 Å². The molecule has 0 aliphatic rings. The molecule has 2 N–H and O–H groups in total. The lowest BCUT2D eigenvalue weighted by Crippen LogP contribution is -2.10. The summed E-state index contributed by atoms with van der Waals surface area (Å²) in [6.45, 7) is 1.21. The van der Waals surface area contributed by atoms with Gasteiger partial charge in [0.15, 0.2) is 0 Å². The maximum atomic E-state index is 5.48. The quantitative estimate of drug-likeness (QED) is 0.756. The molecule has 0 amide bonds. The zero-order valence-corrected chi connectivity index (χ0v) is 10.3. The van der Waals surface area contributed by atoms with E-state index in [4.69, 9.17) is 5.73 Å². The fourth-order valence-corrected chi connectivity index (χ4v) is 1.85. The molecule has 0 unspecified atom stereocenters. The maximum Gasteiger partial charge on any atom is 0.116 e. The van der Waals surface area contributed by atoms with Crippen LogP contribution in [0.5, 0.6) is 0 Å². The highest BCUT2D eigenvalue weighted by Crippen LogP contribution is 2.17. The van der Waals surface area contributed by atoms with Gasteiger partial charge in [-0.25, -0.2) is 4.68 Å². The van der Waals surface area contributed by atoms with Gasteiger partial charge in [-0.15, -0.1) is 5.10 Å². The van der Waals surface area contributed by atoms with Crippen LogP contribution < -0.4 is 5.73 Å². The highest BCUT2D eigenvalue weighted by Gasteiger charge is 2.07. The molecule has 96 valence electrons. The predicted molar refractivity (Wildman–Crippen MR) is 71.6 cm³/mol. The molecule has 3 rings (SSSR count). The maximum absolute atomic E-state index is 5.48. The van der Waals surface area contributed by atoms with Crippen LogP contribution in [0.3, 0.4) is 0 Å². The Morgan fingerprint density at radius 1 is 1.11 bits per heavy atom. The molecule has 0 aliphatic heterocycles. The van der Waals surface area contributed by atoms with Gasteiger partial charge in [0.1, 0.15) is 5.69 Å². The molecule has 0 saturated carbocycles. The summed E-state index contributed by atoms with van der Waals surface area (Å²) in [4.78, 5) is 0. The second kappa shape index (κ2) is 5.03. The fraction of sp³-hybridized carbons (Fsp3) is 0.154. The summed E-state index contributed by atoms with van der Waals surface area (Å²) in [7, 11) is 0. The van der Waals surface area contributed by atoms with Crippen molar-refractivity contribution in [1.29, 1.82) is 0 Å². The van der Waals surface area contributed by atoms with Gasteiger partial charge in [0.2, 0.25) is 0 Å². The third-order valence-electron chi connectivity index (χ3n) is 2.80. The highest BCUT2D eigenvalue weighted by molar-refractivity contribution is 5.56. The largest absolute Gasteiger partial charge is 0.329 e. The minimum Gasteiger partial charge on any atom is -0.329 e. The summed E-state index contributed by atoms with van der Waals surface area (Å²) in [5, 5.41) is 12.5. The number of hydrogen-bond donors (Lipinski definition) is 1. The Kier molecular flexibility index (Phi) is 3.07. The predicted octanol–water partition coefficient (Wildman–Crippen LogP) is 1.09. The van der Waals surface area contributed by atoms with Gasteiger partial charge in [0, 0.05) is 18.3 Å². The lowest BCUT2D eigenvalue weighted by Gasteiger charge is -1.98. The van der Waals surface area contributed by atoms with Crippen molar-refractivity contribution in [3.63, 3.8) is 0 Å². The number of nitrogens with zero attached hydrogens (tertiary/aromatic N) is 5. The van der Waals surface area contributed by atoms with E-state index in [1.165, 1.54) is 0 Å². The Bertz CT molecular complexity index is 655.